The van der Waals surface area contributed by atoms with Gasteiger partial charge in [-0.25, -0.2) is 32.5 Å². The molecular formula is C69H64F7N15O9. The van der Waals surface area contributed by atoms with Gasteiger partial charge in [0.15, 0.2) is 34.8 Å². The predicted octanol–water partition coefficient (Wildman–Crippen LogP) is 14.2. The fourth-order valence-corrected chi connectivity index (χ4v) is 8.28. The number of aromatic nitrogens is 6. The highest BCUT2D eigenvalue weighted by atomic mass is 19.4. The fraction of sp³-hybridized carbons (Fsp3) is 0.159. The third-order valence-corrected chi connectivity index (χ3v) is 13.0. The lowest BCUT2D eigenvalue weighted by molar-refractivity contribution is -0.137. The van der Waals surface area contributed by atoms with Crippen molar-refractivity contribution in [3.63, 3.8) is 0 Å². The number of rotatable bonds is 31. The van der Waals surface area contributed by atoms with Gasteiger partial charge in [-0.15, -0.1) is 0 Å². The topological polar surface area (TPSA) is 304 Å². The summed E-state index contributed by atoms with van der Waals surface area (Å²) in [6, 6.07) is 34.8. The van der Waals surface area contributed by atoms with Crippen LogP contribution in [0.2, 0.25) is 0 Å². The predicted molar refractivity (Wildman–Crippen MR) is 361 cm³/mol. The van der Waals surface area contributed by atoms with Gasteiger partial charge in [-0.05, 0) is 109 Å². The largest absolute Gasteiger partial charge is 0.488 e. The quantitative estimate of drug-likeness (QED) is 0.00866. The molecule has 24 nitrogen and oxygen atoms in total. The highest BCUT2D eigenvalue weighted by Crippen LogP contribution is 2.36. The maximum atomic E-state index is 14.3. The van der Waals surface area contributed by atoms with Crippen LogP contribution in [0.4, 0.5) is 112 Å². The van der Waals surface area contributed by atoms with Gasteiger partial charge >= 0.3 is 6.18 Å². The van der Waals surface area contributed by atoms with Crippen molar-refractivity contribution in [3.05, 3.63) is 235 Å². The monoisotopic (exact) mass is 1380 g/mol. The fourth-order valence-electron chi connectivity index (χ4n) is 8.28. The maximum absolute atomic E-state index is 14.3. The number of benzene rings is 6. The van der Waals surface area contributed by atoms with Gasteiger partial charge in [-0.1, -0.05) is 56.1 Å². The second-order valence-corrected chi connectivity index (χ2v) is 20.4. The Hall–Kier alpha value is -12.2. The summed E-state index contributed by atoms with van der Waals surface area (Å²) in [5.74, 6) is -3.40. The van der Waals surface area contributed by atoms with E-state index in [2.05, 4.69) is 92.2 Å². The Balaban J connectivity index is 0.000000211. The molecule has 100 heavy (non-hydrogen) atoms. The molecule has 31 heteroatoms. The van der Waals surface area contributed by atoms with Gasteiger partial charge in [0.25, 0.3) is 0 Å². The molecule has 3 heterocycles. The zero-order valence-corrected chi connectivity index (χ0v) is 53.6. The average Bonchev–Trinajstić information content (AvgIpc) is 0.814. The highest BCUT2D eigenvalue weighted by molar-refractivity contribution is 6.00. The van der Waals surface area contributed by atoms with Crippen molar-refractivity contribution in [2.45, 2.75) is 25.8 Å². The molecule has 9 rings (SSSR count). The van der Waals surface area contributed by atoms with Crippen molar-refractivity contribution in [3.8, 4) is 11.8 Å². The van der Waals surface area contributed by atoms with Gasteiger partial charge in [0, 0.05) is 96.6 Å². The molecule has 0 atom stereocenters. The van der Waals surface area contributed by atoms with Crippen LogP contribution in [-0.4, -0.2) is 95.6 Å². The second kappa shape index (κ2) is 37.9. The summed E-state index contributed by atoms with van der Waals surface area (Å²) < 4.78 is 128. The van der Waals surface area contributed by atoms with Crippen molar-refractivity contribution in [2.24, 2.45) is 0 Å². The lowest BCUT2D eigenvalue weighted by Gasteiger charge is -2.15. The molecule has 0 aliphatic rings. The SMILES string of the molecule is C=CC(=O)Cc1ccc(Nc2nc(Nc3ccc(OCCOC)c(F)c3)ncc2F)cc1.C=CC(=O)Nc1cccc(Nc2nc(Nc3ccc(COCOC)c(F)c3)ncc2C#N)c1.C=CC(=O)Nc1cccc(Nc2nc(Nc3ccc(COCOC)c(F)c3)ncc2C(F)(F)F)c1. The number of methoxy groups -OCH3 is 3. The van der Waals surface area contributed by atoms with Crippen LogP contribution in [0.5, 0.6) is 5.75 Å². The van der Waals surface area contributed by atoms with Crippen LogP contribution in [0, 0.1) is 34.6 Å². The summed E-state index contributed by atoms with van der Waals surface area (Å²) in [5.41, 5.74) is 3.84. The Morgan fingerprint density at radius 2 is 0.960 bits per heavy atom. The highest BCUT2D eigenvalue weighted by Gasteiger charge is 2.35. The minimum atomic E-state index is -4.74. The Kier molecular flexibility index (Phi) is 28.5. The van der Waals surface area contributed by atoms with E-state index in [1.165, 1.54) is 82.1 Å². The summed E-state index contributed by atoms with van der Waals surface area (Å²) in [6.07, 6.45) is 1.97. The van der Waals surface area contributed by atoms with E-state index in [0.717, 1.165) is 30.0 Å². The van der Waals surface area contributed by atoms with E-state index < -0.39 is 46.7 Å². The first kappa shape index (κ1) is 75.2. The number of carbonyl (C=O) groups excluding carboxylic acids is 3. The summed E-state index contributed by atoms with van der Waals surface area (Å²) in [4.78, 5) is 58.5. The standard InChI is InChI=1S/C23H21F4N5O3.C23H22F2N4O3.C23H21FN6O3/c1-3-20(33)29-15-5-4-6-16(9-15)30-21-18(23(25,26)27)11-28-22(32-21)31-17-8-7-14(19(24)10-17)12-35-13-34-2;1-3-18(30)12-15-4-6-16(7-5-15)27-22-20(25)14-26-23(29-22)28-17-8-9-21(19(24)13-17)32-11-10-31-2;1-3-21(31)27-17-5-4-6-18(9-17)28-22-16(11-25)12-26-23(30-22)29-19-8-7-15(20(24)10-19)13-33-14-32-2/h3-11H,1,12-13H2,2H3,(H,29,33)(H2,28,30,31,32);3-9,13-14H,1,10-12H2,2H3,(H2,26,27,28,29);3-10,12H,1,13-14H2,2H3,(H,27,31)(H2,26,28,29,30). The maximum Gasteiger partial charge on any atom is 0.421 e. The number of nitrogens with one attached hydrogen (secondary N) is 8. The van der Waals surface area contributed by atoms with Gasteiger partial charge in [0.2, 0.25) is 29.7 Å². The molecule has 3 aromatic heterocycles. The molecular weight excluding hydrogens is 1320 g/mol. The molecule has 9 aromatic rings. The number of carbonyl (C=O) groups is 3. The molecule has 8 N–H and O–H groups in total. The Labute approximate surface area is 568 Å². The third-order valence-electron chi connectivity index (χ3n) is 13.0. The van der Waals surface area contributed by atoms with Crippen LogP contribution in [0.25, 0.3) is 0 Å². The molecule has 2 amide bonds. The van der Waals surface area contributed by atoms with Crippen LogP contribution in [0.15, 0.2) is 184 Å². The molecule has 0 saturated carbocycles. The van der Waals surface area contributed by atoms with E-state index in [1.807, 2.05) is 6.07 Å². The molecule has 0 bridgehead atoms. The van der Waals surface area contributed by atoms with Crippen LogP contribution in [0.3, 0.4) is 0 Å². The van der Waals surface area contributed by atoms with Crippen LogP contribution >= 0.6 is 0 Å². The molecule has 0 saturated heterocycles. The molecule has 0 fully saturated rings. The average molecular weight is 1380 g/mol. The number of nitriles is 1. The van der Waals surface area contributed by atoms with E-state index in [-0.39, 0.29) is 109 Å². The molecule has 0 unspecified atom stereocenters. The number of hydrogen-bond donors (Lipinski definition) is 8. The second-order valence-electron chi connectivity index (χ2n) is 20.4. The van der Waals surface area contributed by atoms with E-state index in [9.17, 15) is 50.4 Å². The van der Waals surface area contributed by atoms with Crippen molar-refractivity contribution < 1.29 is 73.5 Å². The van der Waals surface area contributed by atoms with Crippen molar-refractivity contribution in [2.75, 3.05) is 90.7 Å². The number of ketones is 1. The van der Waals surface area contributed by atoms with E-state index in [0.29, 0.717) is 52.5 Å². The van der Waals surface area contributed by atoms with Gasteiger partial charge < -0.3 is 71.0 Å². The zero-order chi connectivity index (χ0) is 72.0. The smallest absolute Gasteiger partial charge is 0.421 e. The van der Waals surface area contributed by atoms with Crippen molar-refractivity contribution in [1.29, 1.82) is 5.26 Å². The first-order chi connectivity index (χ1) is 48.2. The number of alkyl halides is 3. The zero-order valence-electron chi connectivity index (χ0n) is 53.6. The van der Waals surface area contributed by atoms with Gasteiger partial charge in [0.1, 0.15) is 54.8 Å². The van der Waals surface area contributed by atoms with Gasteiger partial charge in [-0.3, -0.25) is 14.4 Å². The number of ether oxygens (including phenoxy) is 6. The van der Waals surface area contributed by atoms with Crippen molar-refractivity contribution in [1.82, 2.24) is 29.9 Å². The molecule has 6 aromatic carbocycles. The Bertz CT molecular complexity index is 4360. The van der Waals surface area contributed by atoms with Crippen LogP contribution < -0.4 is 47.3 Å². The van der Waals surface area contributed by atoms with Crippen molar-refractivity contribution >= 4 is 98.4 Å². The van der Waals surface area contributed by atoms with Crippen LogP contribution in [0.1, 0.15) is 27.8 Å². The number of hydrogen-bond acceptors (Lipinski definition) is 22. The number of nitrogens with zero attached hydrogens (tertiary/aromatic N) is 7. The summed E-state index contributed by atoms with van der Waals surface area (Å²) in [7, 11) is 4.45. The normalized spacial score (nSPS) is 10.6. The van der Waals surface area contributed by atoms with E-state index in [1.54, 1.807) is 72.8 Å². The Morgan fingerprint density at radius 3 is 1.45 bits per heavy atom. The number of anilines is 14. The molecule has 0 spiro atoms. The van der Waals surface area contributed by atoms with Crippen LogP contribution in [-0.2, 0) is 63.9 Å². The van der Waals surface area contributed by atoms with E-state index in [4.69, 9.17) is 28.4 Å². The summed E-state index contributed by atoms with van der Waals surface area (Å²) in [5, 5.41) is 31.5. The number of amides is 2. The molecule has 0 aliphatic heterocycles. The first-order valence-electron chi connectivity index (χ1n) is 29.5. The lowest BCUT2D eigenvalue weighted by Crippen LogP contribution is -2.13. The van der Waals surface area contributed by atoms with Gasteiger partial charge in [-0.2, -0.15) is 33.4 Å². The number of allylic oxidation sites excluding steroid dienone is 1. The van der Waals surface area contributed by atoms with Gasteiger partial charge in [0.05, 0.1) is 32.2 Å². The molecule has 0 aliphatic carbocycles. The summed E-state index contributed by atoms with van der Waals surface area (Å²) >= 11 is 0. The Morgan fingerprint density at radius 1 is 0.500 bits per heavy atom. The minimum absolute atomic E-state index is 0.00184. The lowest BCUT2D eigenvalue weighted by atomic mass is 10.1. The minimum Gasteiger partial charge on any atom is -0.488 e. The molecule has 0 radical (unpaired) electrons. The van der Waals surface area contributed by atoms with E-state index >= 15 is 0 Å². The molecule has 518 valence electrons. The first-order valence-corrected chi connectivity index (χ1v) is 29.5. The number of halogens is 7. The third kappa shape index (κ3) is 23.9. The summed E-state index contributed by atoms with van der Waals surface area (Å²) in [6.45, 7) is 10.9.